The van der Waals surface area contributed by atoms with Crippen LogP contribution in [0.25, 0.3) is 33.1 Å². The van der Waals surface area contributed by atoms with Gasteiger partial charge in [0.2, 0.25) is 0 Å². The number of terminal acetylenes is 1. The maximum absolute atomic E-state index is 13.4. The van der Waals surface area contributed by atoms with Crippen LogP contribution in [0, 0.1) is 12.3 Å². The van der Waals surface area contributed by atoms with Crippen molar-refractivity contribution in [2.45, 2.75) is 43.2 Å². The zero-order chi connectivity index (χ0) is 27.5. The number of anilines is 1. The van der Waals surface area contributed by atoms with Crippen LogP contribution in [0.4, 0.5) is 5.82 Å². The summed E-state index contributed by atoms with van der Waals surface area (Å²) in [4.78, 5) is 31.2. The minimum absolute atomic E-state index is 0.188. The number of aromatic nitrogens is 5. The number of amides is 1. The Balaban J connectivity index is 1.34. The lowest BCUT2D eigenvalue weighted by molar-refractivity contribution is 0.0897. The van der Waals surface area contributed by atoms with E-state index in [1.807, 2.05) is 30.5 Å². The van der Waals surface area contributed by atoms with E-state index in [1.54, 1.807) is 25.6 Å². The number of hydrogen-bond donors (Lipinski definition) is 2. The van der Waals surface area contributed by atoms with E-state index in [0.717, 1.165) is 59.5 Å². The first-order valence-corrected chi connectivity index (χ1v) is 13.3. The van der Waals surface area contributed by atoms with E-state index in [9.17, 15) is 4.79 Å². The predicted octanol–water partition coefficient (Wildman–Crippen LogP) is 4.46. The molecule has 5 aromatic rings. The lowest BCUT2D eigenvalue weighted by atomic mass is 9.90. The third-order valence-electron chi connectivity index (χ3n) is 8.70. The highest BCUT2D eigenvalue weighted by Crippen LogP contribution is 2.57. The third kappa shape index (κ3) is 3.46. The summed E-state index contributed by atoms with van der Waals surface area (Å²) in [6.45, 7) is 0. The van der Waals surface area contributed by atoms with Crippen LogP contribution in [0.2, 0.25) is 0 Å². The molecule has 2 aliphatic rings. The quantitative estimate of drug-likeness (QED) is 0.323. The van der Waals surface area contributed by atoms with Gasteiger partial charge < -0.3 is 20.4 Å². The number of ether oxygens (including phenoxy) is 1. The molecule has 9 nitrogen and oxygen atoms in total. The van der Waals surface area contributed by atoms with Gasteiger partial charge in [0.15, 0.2) is 0 Å². The van der Waals surface area contributed by atoms with E-state index < -0.39 is 0 Å². The van der Waals surface area contributed by atoms with Gasteiger partial charge in [-0.2, -0.15) is 0 Å². The van der Waals surface area contributed by atoms with E-state index in [0.29, 0.717) is 28.5 Å². The molecular weight excluding hydrogens is 502 g/mol. The highest BCUT2D eigenvalue weighted by atomic mass is 16.5. The number of fused-ring (bicyclic) bond motifs is 4. The fraction of sp³-hybridized carbons (Fsp3) is 0.258. The van der Waals surface area contributed by atoms with Gasteiger partial charge in [0.1, 0.15) is 29.2 Å². The van der Waals surface area contributed by atoms with Crippen LogP contribution >= 0.6 is 0 Å². The molecule has 0 unspecified atom stereocenters. The fourth-order valence-electron chi connectivity index (χ4n) is 6.91. The molecule has 0 radical (unpaired) electrons. The molecule has 0 spiro atoms. The number of nitrogens with two attached hydrogens (primary N) is 1. The van der Waals surface area contributed by atoms with Crippen LogP contribution in [0.1, 0.15) is 48.2 Å². The van der Waals surface area contributed by atoms with E-state index in [2.05, 4.69) is 36.8 Å². The molecule has 4 heterocycles. The number of nitrogens with zero attached hydrogens (tertiary/aromatic N) is 5. The number of nitrogens with one attached hydrogen (secondary N) is 1. The number of para-hydroxylation sites is 1. The second-order valence-corrected chi connectivity index (χ2v) is 10.8. The van der Waals surface area contributed by atoms with Crippen LogP contribution in [0.15, 0.2) is 61.3 Å². The average molecular weight is 530 g/mol. The Kier molecular flexibility index (Phi) is 5.29. The zero-order valence-corrected chi connectivity index (χ0v) is 22.0. The van der Waals surface area contributed by atoms with Crippen LogP contribution in [-0.4, -0.2) is 43.1 Å². The summed E-state index contributed by atoms with van der Waals surface area (Å²) in [5, 5.41) is 5.07. The van der Waals surface area contributed by atoms with Crippen molar-refractivity contribution in [2.24, 2.45) is 0 Å². The van der Waals surface area contributed by atoms with Crippen molar-refractivity contribution in [1.29, 1.82) is 0 Å². The molecule has 4 aromatic heterocycles. The van der Waals surface area contributed by atoms with Gasteiger partial charge >= 0.3 is 0 Å². The molecule has 2 fully saturated rings. The Labute approximate surface area is 230 Å². The molecule has 0 aliphatic heterocycles. The summed E-state index contributed by atoms with van der Waals surface area (Å²) >= 11 is 0. The zero-order valence-electron chi connectivity index (χ0n) is 22.0. The first kappa shape index (κ1) is 24.1. The number of pyridine rings is 2. The number of benzene rings is 1. The predicted molar refractivity (Wildman–Crippen MR) is 153 cm³/mol. The van der Waals surface area contributed by atoms with Gasteiger partial charge in [-0.05, 0) is 50.3 Å². The van der Waals surface area contributed by atoms with Gasteiger partial charge in [-0.25, -0.2) is 9.97 Å². The van der Waals surface area contributed by atoms with E-state index in [4.69, 9.17) is 21.9 Å². The monoisotopic (exact) mass is 529 g/mol. The van der Waals surface area contributed by atoms with Gasteiger partial charge in [0.05, 0.1) is 23.6 Å². The number of rotatable bonds is 5. The highest BCUT2D eigenvalue weighted by Gasteiger charge is 2.57. The van der Waals surface area contributed by atoms with Crippen LogP contribution < -0.4 is 15.8 Å². The molecule has 2 bridgehead atoms. The molecule has 0 saturated heterocycles. The minimum Gasteiger partial charge on any atom is -0.496 e. The third-order valence-corrected chi connectivity index (χ3v) is 8.70. The number of methoxy groups -OCH3 is 1. The Morgan fingerprint density at radius 3 is 2.75 bits per heavy atom. The fourth-order valence-corrected chi connectivity index (χ4v) is 6.91. The summed E-state index contributed by atoms with van der Waals surface area (Å²) in [5.74, 6) is 3.66. The van der Waals surface area contributed by atoms with E-state index in [-0.39, 0.29) is 17.0 Å². The second kappa shape index (κ2) is 8.78. The van der Waals surface area contributed by atoms with Crippen molar-refractivity contribution in [3.63, 3.8) is 0 Å². The van der Waals surface area contributed by atoms with Crippen molar-refractivity contribution in [3.8, 4) is 29.2 Å². The maximum Gasteiger partial charge on any atom is 0.257 e. The molecule has 0 atom stereocenters. The van der Waals surface area contributed by atoms with Crippen LogP contribution in [-0.2, 0) is 5.54 Å². The molecule has 1 amide bonds. The van der Waals surface area contributed by atoms with Crippen molar-refractivity contribution >= 4 is 33.7 Å². The first-order chi connectivity index (χ1) is 19.5. The smallest absolute Gasteiger partial charge is 0.257 e. The summed E-state index contributed by atoms with van der Waals surface area (Å²) in [6.07, 6.45) is 16.8. The Hall–Kier alpha value is -4.97. The minimum atomic E-state index is -0.371. The Morgan fingerprint density at radius 2 is 1.95 bits per heavy atom. The van der Waals surface area contributed by atoms with Crippen LogP contribution in [0.3, 0.4) is 0 Å². The SMILES string of the molecule is C#Cc1c(-c2cnc3ccccc3c2)c2c(N)ncnc2n1C12CCC(NC(=O)c3cnccc3OC)(CC1)C2. The van der Waals surface area contributed by atoms with Crippen molar-refractivity contribution < 1.29 is 9.53 Å². The maximum atomic E-state index is 13.4. The topological polar surface area (TPSA) is 121 Å². The summed E-state index contributed by atoms with van der Waals surface area (Å²) in [7, 11) is 1.55. The van der Waals surface area contributed by atoms with Gasteiger partial charge in [-0.3, -0.25) is 14.8 Å². The Morgan fingerprint density at radius 1 is 1.12 bits per heavy atom. The number of hydrogen-bond acceptors (Lipinski definition) is 7. The molecule has 1 aromatic carbocycles. The van der Waals surface area contributed by atoms with Gasteiger partial charge in [-0.15, -0.1) is 6.42 Å². The lowest BCUT2D eigenvalue weighted by Gasteiger charge is -2.30. The summed E-state index contributed by atoms with van der Waals surface area (Å²) < 4.78 is 7.59. The summed E-state index contributed by atoms with van der Waals surface area (Å²) in [5.41, 5.74) is 10.2. The Bertz CT molecular complexity index is 1860. The molecular formula is C31H27N7O2. The second-order valence-electron chi connectivity index (χ2n) is 10.8. The van der Waals surface area contributed by atoms with Crippen molar-refractivity contribution in [3.05, 3.63) is 72.6 Å². The average Bonchev–Trinajstić information content (AvgIpc) is 3.65. The normalized spacial score (nSPS) is 21.5. The highest BCUT2D eigenvalue weighted by molar-refractivity contribution is 6.04. The first-order valence-electron chi connectivity index (χ1n) is 13.3. The summed E-state index contributed by atoms with van der Waals surface area (Å²) in [6, 6.07) is 11.7. The molecule has 9 heteroatoms. The molecule has 40 heavy (non-hydrogen) atoms. The molecule has 198 valence electrons. The van der Waals surface area contributed by atoms with Gasteiger partial charge in [0, 0.05) is 46.2 Å². The standard InChI is InChI=1S/C31H27N7O2/c1-3-23-25(20-14-19-6-4-5-7-22(19)34-15-20)26-27(32)35-18-36-28(26)38(23)31-11-9-30(17-31,10-12-31)37-29(39)21-16-33-13-8-24(21)40-2/h1,4-8,13-16,18H,9-12,17H2,2H3,(H,37,39)(H2,32,35,36). The van der Waals surface area contributed by atoms with E-state index in [1.165, 1.54) is 6.33 Å². The number of carbonyl (C=O) groups is 1. The number of carbonyl (C=O) groups excluding carboxylic acids is 1. The van der Waals surface area contributed by atoms with Crippen molar-refractivity contribution in [1.82, 2.24) is 29.8 Å². The molecule has 7 rings (SSSR count). The van der Waals surface area contributed by atoms with Crippen LogP contribution in [0.5, 0.6) is 5.75 Å². The molecule has 2 aliphatic carbocycles. The van der Waals surface area contributed by atoms with Crippen molar-refractivity contribution in [2.75, 3.05) is 12.8 Å². The molecule has 3 N–H and O–H groups in total. The van der Waals surface area contributed by atoms with E-state index >= 15 is 0 Å². The van der Waals surface area contributed by atoms with Gasteiger partial charge in [-0.1, -0.05) is 24.1 Å². The largest absolute Gasteiger partial charge is 0.496 e. The van der Waals surface area contributed by atoms with Gasteiger partial charge in [0.25, 0.3) is 5.91 Å². The molecule has 2 saturated carbocycles. The number of nitrogen functional groups attached to an aromatic ring is 1. The lowest BCUT2D eigenvalue weighted by Crippen LogP contribution is -2.45.